The number of nitrogens with zero attached hydrogens (tertiary/aromatic N) is 3. The number of likely N-dealkylation sites (tertiary alicyclic amines) is 2. The number of guanidine groups is 1. The maximum absolute atomic E-state index is 12.7. The fraction of sp³-hybridized carbons (Fsp3) is 0.905. The van der Waals surface area contributed by atoms with Crippen molar-refractivity contribution in [1.82, 2.24) is 20.4 Å². The van der Waals surface area contributed by atoms with E-state index in [1.807, 2.05) is 0 Å². The summed E-state index contributed by atoms with van der Waals surface area (Å²) in [4.78, 5) is 22.1. The largest absolute Gasteiger partial charge is 0.357 e. The molecular formula is C21H40IN5O. The molecule has 1 amide bonds. The van der Waals surface area contributed by atoms with E-state index >= 15 is 0 Å². The minimum atomic E-state index is 0. The molecule has 3 fully saturated rings. The van der Waals surface area contributed by atoms with Crippen molar-refractivity contribution in [3.05, 3.63) is 0 Å². The molecule has 0 aromatic carbocycles. The maximum Gasteiger partial charge on any atom is 0.225 e. The Labute approximate surface area is 188 Å². The summed E-state index contributed by atoms with van der Waals surface area (Å²) in [6, 6.07) is 0.328. The molecule has 7 heteroatoms. The number of rotatable bonds is 7. The topological polar surface area (TPSA) is 60.0 Å². The van der Waals surface area contributed by atoms with E-state index in [2.05, 4.69) is 27.4 Å². The van der Waals surface area contributed by atoms with Gasteiger partial charge in [-0.2, -0.15) is 0 Å². The Hall–Kier alpha value is -0.570. The van der Waals surface area contributed by atoms with Crippen LogP contribution in [0.25, 0.3) is 0 Å². The number of nitrogens with one attached hydrogen (secondary N) is 2. The predicted octanol–water partition coefficient (Wildman–Crippen LogP) is 2.83. The number of amides is 1. The fourth-order valence-corrected chi connectivity index (χ4v) is 4.69. The molecule has 0 bridgehead atoms. The zero-order valence-corrected chi connectivity index (χ0v) is 20.0. The van der Waals surface area contributed by atoms with Gasteiger partial charge in [0.15, 0.2) is 5.96 Å². The van der Waals surface area contributed by atoms with E-state index in [0.29, 0.717) is 11.9 Å². The minimum Gasteiger partial charge on any atom is -0.357 e. The van der Waals surface area contributed by atoms with Crippen molar-refractivity contribution in [3.8, 4) is 0 Å². The van der Waals surface area contributed by atoms with E-state index in [-0.39, 0.29) is 29.9 Å². The van der Waals surface area contributed by atoms with Crippen LogP contribution in [-0.2, 0) is 4.79 Å². The van der Waals surface area contributed by atoms with Crippen molar-refractivity contribution < 1.29 is 4.79 Å². The van der Waals surface area contributed by atoms with Crippen LogP contribution < -0.4 is 10.6 Å². The van der Waals surface area contributed by atoms with Gasteiger partial charge in [-0.05, 0) is 65.1 Å². The monoisotopic (exact) mass is 505 g/mol. The molecule has 0 aromatic heterocycles. The van der Waals surface area contributed by atoms with Crippen LogP contribution in [0.3, 0.4) is 0 Å². The Kier molecular flexibility index (Phi) is 10.9. The van der Waals surface area contributed by atoms with Gasteiger partial charge in [0, 0.05) is 38.1 Å². The first kappa shape index (κ1) is 23.7. The second-order valence-electron chi connectivity index (χ2n) is 8.41. The third-order valence-electron chi connectivity index (χ3n) is 6.24. The van der Waals surface area contributed by atoms with E-state index in [1.54, 1.807) is 0 Å². The Morgan fingerprint density at radius 1 is 1.04 bits per heavy atom. The van der Waals surface area contributed by atoms with Gasteiger partial charge in [0.1, 0.15) is 0 Å². The van der Waals surface area contributed by atoms with Gasteiger partial charge in [-0.15, -0.1) is 24.0 Å². The Balaban J connectivity index is 0.00000280. The first-order valence-electron chi connectivity index (χ1n) is 11.3. The first-order valence-corrected chi connectivity index (χ1v) is 11.3. The van der Waals surface area contributed by atoms with Crippen molar-refractivity contribution in [2.24, 2.45) is 10.9 Å². The smallest absolute Gasteiger partial charge is 0.225 e. The molecule has 6 nitrogen and oxygen atoms in total. The summed E-state index contributed by atoms with van der Waals surface area (Å²) < 4.78 is 0. The maximum atomic E-state index is 12.7. The fourth-order valence-electron chi connectivity index (χ4n) is 4.69. The lowest BCUT2D eigenvalue weighted by Gasteiger charge is -2.26. The standard InChI is InChI=1S/C21H39N5O.HI/c1-2-22-21(23-12-8-15-25-13-6-7-14-25)24-19-11-16-26(17-19)20(27)18-9-4-3-5-10-18;/h18-19H,2-17H2,1H3,(H2,22,23,24);1H. The van der Waals surface area contributed by atoms with E-state index in [4.69, 9.17) is 4.99 Å². The molecule has 2 saturated heterocycles. The van der Waals surface area contributed by atoms with E-state index < -0.39 is 0 Å². The van der Waals surface area contributed by atoms with Gasteiger partial charge in [0.2, 0.25) is 5.91 Å². The highest BCUT2D eigenvalue weighted by Crippen LogP contribution is 2.26. The molecular weight excluding hydrogens is 465 g/mol. The normalized spacial score (nSPS) is 24.2. The summed E-state index contributed by atoms with van der Waals surface area (Å²) in [6.07, 6.45) is 10.8. The first-order chi connectivity index (χ1) is 13.3. The minimum absolute atomic E-state index is 0. The van der Waals surface area contributed by atoms with Gasteiger partial charge in [0.05, 0.1) is 0 Å². The van der Waals surface area contributed by atoms with Crippen LogP contribution in [0.1, 0.15) is 64.7 Å². The summed E-state index contributed by atoms with van der Waals surface area (Å²) in [5, 5.41) is 6.93. The van der Waals surface area contributed by atoms with Gasteiger partial charge in [-0.1, -0.05) is 19.3 Å². The highest BCUT2D eigenvalue weighted by atomic mass is 127. The second kappa shape index (κ2) is 12.9. The van der Waals surface area contributed by atoms with Crippen LogP contribution in [0.4, 0.5) is 0 Å². The molecule has 1 aliphatic carbocycles. The van der Waals surface area contributed by atoms with E-state index in [1.165, 1.54) is 45.2 Å². The van der Waals surface area contributed by atoms with Gasteiger partial charge in [-0.3, -0.25) is 9.79 Å². The number of hydrogen-bond donors (Lipinski definition) is 2. The SMILES string of the molecule is CCNC(=NCCCN1CCCC1)NC1CCN(C(=O)C2CCCCC2)C1.I. The lowest BCUT2D eigenvalue weighted by atomic mass is 9.88. The van der Waals surface area contributed by atoms with Gasteiger partial charge in [0.25, 0.3) is 0 Å². The average molecular weight is 505 g/mol. The lowest BCUT2D eigenvalue weighted by Crippen LogP contribution is -2.45. The zero-order valence-electron chi connectivity index (χ0n) is 17.6. The number of carbonyl (C=O) groups is 1. The van der Waals surface area contributed by atoms with Gasteiger partial charge >= 0.3 is 0 Å². The van der Waals surface area contributed by atoms with Crippen LogP contribution in [0.15, 0.2) is 4.99 Å². The summed E-state index contributed by atoms with van der Waals surface area (Å²) >= 11 is 0. The number of carbonyl (C=O) groups excluding carboxylic acids is 1. The lowest BCUT2D eigenvalue weighted by molar-refractivity contribution is -0.135. The molecule has 3 rings (SSSR count). The molecule has 28 heavy (non-hydrogen) atoms. The molecule has 162 valence electrons. The highest BCUT2D eigenvalue weighted by Gasteiger charge is 2.31. The number of hydrogen-bond acceptors (Lipinski definition) is 3. The summed E-state index contributed by atoms with van der Waals surface area (Å²) in [7, 11) is 0. The Bertz CT molecular complexity index is 489. The quantitative estimate of drug-likeness (QED) is 0.242. The van der Waals surface area contributed by atoms with Crippen molar-refractivity contribution in [2.75, 3.05) is 45.8 Å². The summed E-state index contributed by atoms with van der Waals surface area (Å²) in [6.45, 7) is 9.24. The van der Waals surface area contributed by atoms with Crippen molar-refractivity contribution in [1.29, 1.82) is 0 Å². The Morgan fingerprint density at radius 2 is 1.79 bits per heavy atom. The second-order valence-corrected chi connectivity index (χ2v) is 8.41. The predicted molar refractivity (Wildman–Crippen MR) is 126 cm³/mol. The van der Waals surface area contributed by atoms with E-state index in [9.17, 15) is 4.79 Å². The van der Waals surface area contributed by atoms with Crippen molar-refractivity contribution >= 4 is 35.8 Å². The summed E-state index contributed by atoms with van der Waals surface area (Å²) in [5.74, 6) is 1.59. The third-order valence-corrected chi connectivity index (χ3v) is 6.24. The molecule has 1 unspecified atom stereocenters. The molecule has 0 spiro atoms. The molecule has 3 aliphatic rings. The van der Waals surface area contributed by atoms with E-state index in [0.717, 1.165) is 64.4 Å². The molecule has 0 radical (unpaired) electrons. The third kappa shape index (κ3) is 7.35. The zero-order chi connectivity index (χ0) is 18.9. The molecule has 2 heterocycles. The van der Waals surface area contributed by atoms with Crippen molar-refractivity contribution in [2.45, 2.75) is 70.8 Å². The average Bonchev–Trinajstić information content (AvgIpc) is 3.37. The number of halogens is 1. The van der Waals surface area contributed by atoms with Gasteiger partial charge in [-0.25, -0.2) is 0 Å². The number of aliphatic imine (C=N–C) groups is 1. The summed E-state index contributed by atoms with van der Waals surface area (Å²) in [5.41, 5.74) is 0. The highest BCUT2D eigenvalue weighted by molar-refractivity contribution is 14.0. The van der Waals surface area contributed by atoms with Crippen molar-refractivity contribution in [3.63, 3.8) is 0 Å². The molecule has 2 aliphatic heterocycles. The van der Waals surface area contributed by atoms with Gasteiger partial charge < -0.3 is 20.4 Å². The van der Waals surface area contributed by atoms with Crippen LogP contribution >= 0.6 is 24.0 Å². The molecule has 1 saturated carbocycles. The van der Waals surface area contributed by atoms with Crippen LogP contribution in [0.2, 0.25) is 0 Å². The molecule has 1 atom stereocenters. The molecule has 0 aromatic rings. The Morgan fingerprint density at radius 3 is 2.50 bits per heavy atom. The van der Waals surface area contributed by atoms with Crippen LogP contribution in [0, 0.1) is 5.92 Å². The van der Waals surface area contributed by atoms with Crippen LogP contribution in [-0.4, -0.2) is 73.5 Å². The van der Waals surface area contributed by atoms with Crippen LogP contribution in [0.5, 0.6) is 0 Å². The molecule has 2 N–H and O–H groups in total.